The summed E-state index contributed by atoms with van der Waals surface area (Å²) in [6.45, 7) is 1.86. The topological polar surface area (TPSA) is 59.3 Å². The number of carbonyl (C=O) groups is 2. The Labute approximate surface area is 166 Å². The van der Waals surface area contributed by atoms with Crippen molar-refractivity contribution in [1.82, 2.24) is 4.57 Å². The van der Waals surface area contributed by atoms with Gasteiger partial charge in [0.15, 0.2) is 5.78 Å². The van der Waals surface area contributed by atoms with Crippen molar-refractivity contribution in [2.24, 2.45) is 0 Å². The molecule has 0 amide bonds. The molecule has 28 heavy (non-hydrogen) atoms. The minimum Gasteiger partial charge on any atom is -0.478 e. The third kappa shape index (κ3) is 2.98. The molecule has 1 N–H and O–H groups in total. The van der Waals surface area contributed by atoms with Gasteiger partial charge in [-0.2, -0.15) is 0 Å². The monoisotopic (exact) mass is 389 g/mol. The van der Waals surface area contributed by atoms with E-state index in [9.17, 15) is 9.59 Å². The van der Waals surface area contributed by atoms with Gasteiger partial charge in [-0.1, -0.05) is 41.9 Å². The Morgan fingerprint density at radius 1 is 0.929 bits per heavy atom. The van der Waals surface area contributed by atoms with Crippen LogP contribution < -0.4 is 0 Å². The van der Waals surface area contributed by atoms with Gasteiger partial charge in [0, 0.05) is 28.4 Å². The Morgan fingerprint density at radius 3 is 2.32 bits per heavy atom. The van der Waals surface area contributed by atoms with E-state index in [1.54, 1.807) is 36.5 Å². The van der Waals surface area contributed by atoms with Gasteiger partial charge >= 0.3 is 5.97 Å². The zero-order chi connectivity index (χ0) is 19.8. The summed E-state index contributed by atoms with van der Waals surface area (Å²) in [5, 5.41) is 10.3. The number of rotatable bonds is 4. The summed E-state index contributed by atoms with van der Waals surface area (Å²) in [5.41, 5.74) is 3.71. The normalized spacial score (nSPS) is 10.9. The van der Waals surface area contributed by atoms with Crippen LogP contribution in [0.25, 0.3) is 16.6 Å². The van der Waals surface area contributed by atoms with Crippen LogP contribution in [0.1, 0.15) is 31.8 Å². The highest BCUT2D eigenvalue weighted by Gasteiger charge is 2.21. The van der Waals surface area contributed by atoms with Gasteiger partial charge < -0.3 is 9.67 Å². The van der Waals surface area contributed by atoms with Crippen LogP contribution in [0.4, 0.5) is 0 Å². The van der Waals surface area contributed by atoms with Gasteiger partial charge in [0.2, 0.25) is 0 Å². The highest BCUT2D eigenvalue weighted by molar-refractivity contribution is 6.35. The second kappa shape index (κ2) is 6.98. The SMILES string of the molecule is Cc1cccc(Cl)c1C(=O)c1cn(-c2ccc(C(=O)O)cc2)c2ccccc12. The molecule has 1 heterocycles. The Balaban J connectivity index is 1.90. The fourth-order valence-corrected chi connectivity index (χ4v) is 3.70. The molecule has 0 unspecified atom stereocenters. The molecule has 1 aromatic heterocycles. The third-order valence-corrected chi connectivity index (χ3v) is 5.11. The molecule has 0 saturated heterocycles. The maximum Gasteiger partial charge on any atom is 0.335 e. The summed E-state index contributed by atoms with van der Waals surface area (Å²) in [6, 6.07) is 19.6. The third-order valence-electron chi connectivity index (χ3n) is 4.80. The number of para-hydroxylation sites is 1. The summed E-state index contributed by atoms with van der Waals surface area (Å²) in [4.78, 5) is 24.4. The molecule has 138 valence electrons. The number of carboxylic acid groups (broad SMARTS) is 1. The van der Waals surface area contributed by atoms with Crippen LogP contribution in [-0.4, -0.2) is 21.4 Å². The predicted octanol–water partition coefficient (Wildman–Crippen LogP) is 5.52. The van der Waals surface area contributed by atoms with Gasteiger partial charge in [-0.25, -0.2) is 4.79 Å². The van der Waals surface area contributed by atoms with Gasteiger partial charge in [0.1, 0.15) is 0 Å². The lowest BCUT2D eigenvalue weighted by Gasteiger charge is -2.06. The summed E-state index contributed by atoms with van der Waals surface area (Å²) < 4.78 is 1.89. The van der Waals surface area contributed by atoms with Crippen molar-refractivity contribution in [3.63, 3.8) is 0 Å². The Kier molecular flexibility index (Phi) is 4.49. The molecule has 0 radical (unpaired) electrons. The first kappa shape index (κ1) is 18.0. The van der Waals surface area contributed by atoms with Crippen molar-refractivity contribution in [2.75, 3.05) is 0 Å². The zero-order valence-corrected chi connectivity index (χ0v) is 15.8. The smallest absolute Gasteiger partial charge is 0.335 e. The maximum atomic E-state index is 13.3. The number of aromatic carboxylic acids is 1. The highest BCUT2D eigenvalue weighted by atomic mass is 35.5. The van der Waals surface area contributed by atoms with Crippen molar-refractivity contribution in [2.45, 2.75) is 6.92 Å². The van der Waals surface area contributed by atoms with Crippen LogP contribution in [0.5, 0.6) is 0 Å². The lowest BCUT2D eigenvalue weighted by atomic mass is 9.99. The molecular weight excluding hydrogens is 374 g/mol. The molecule has 3 aromatic carbocycles. The first-order chi connectivity index (χ1) is 13.5. The average Bonchev–Trinajstić information content (AvgIpc) is 3.07. The van der Waals surface area contributed by atoms with Crippen LogP contribution in [0.3, 0.4) is 0 Å². The Morgan fingerprint density at radius 2 is 1.64 bits per heavy atom. The fraction of sp³-hybridized carbons (Fsp3) is 0.0435. The first-order valence-electron chi connectivity index (χ1n) is 8.71. The van der Waals surface area contributed by atoms with E-state index in [1.165, 1.54) is 0 Å². The van der Waals surface area contributed by atoms with E-state index in [0.717, 1.165) is 22.2 Å². The fourth-order valence-electron chi connectivity index (χ4n) is 3.39. The van der Waals surface area contributed by atoms with Crippen LogP contribution in [-0.2, 0) is 0 Å². The molecule has 4 rings (SSSR count). The number of fused-ring (bicyclic) bond motifs is 1. The molecule has 0 aliphatic carbocycles. The number of halogens is 1. The minimum atomic E-state index is -0.978. The summed E-state index contributed by atoms with van der Waals surface area (Å²) >= 11 is 6.31. The lowest BCUT2D eigenvalue weighted by molar-refractivity contribution is 0.0696. The molecule has 0 atom stereocenters. The lowest BCUT2D eigenvalue weighted by Crippen LogP contribution is -2.04. The Hall–Kier alpha value is -3.37. The van der Waals surface area contributed by atoms with Crippen molar-refractivity contribution >= 4 is 34.3 Å². The number of aromatic nitrogens is 1. The Bertz CT molecular complexity index is 1200. The largest absolute Gasteiger partial charge is 0.478 e. The minimum absolute atomic E-state index is 0.139. The van der Waals surface area contributed by atoms with Crippen molar-refractivity contribution in [3.05, 3.63) is 100 Å². The molecule has 0 fully saturated rings. The number of nitrogens with zero attached hydrogens (tertiary/aromatic N) is 1. The van der Waals surface area contributed by atoms with Crippen LogP contribution >= 0.6 is 11.6 Å². The van der Waals surface area contributed by atoms with Crippen molar-refractivity contribution < 1.29 is 14.7 Å². The van der Waals surface area contributed by atoms with E-state index >= 15 is 0 Å². The van der Waals surface area contributed by atoms with E-state index in [1.807, 2.05) is 47.9 Å². The number of hydrogen-bond acceptors (Lipinski definition) is 2. The van der Waals surface area contributed by atoms with E-state index < -0.39 is 5.97 Å². The summed E-state index contributed by atoms with van der Waals surface area (Å²) in [7, 11) is 0. The molecule has 0 aliphatic rings. The molecule has 0 bridgehead atoms. The second-order valence-electron chi connectivity index (χ2n) is 6.54. The van der Waals surface area contributed by atoms with Gasteiger partial charge in [-0.15, -0.1) is 0 Å². The first-order valence-corrected chi connectivity index (χ1v) is 9.09. The second-order valence-corrected chi connectivity index (χ2v) is 6.95. The zero-order valence-electron chi connectivity index (χ0n) is 15.0. The highest BCUT2D eigenvalue weighted by Crippen LogP contribution is 2.30. The quantitative estimate of drug-likeness (QED) is 0.467. The molecule has 0 aliphatic heterocycles. The van der Waals surface area contributed by atoms with E-state index in [0.29, 0.717) is 16.1 Å². The number of carboxylic acids is 1. The number of carbonyl (C=O) groups excluding carboxylic acids is 1. The average molecular weight is 390 g/mol. The van der Waals surface area contributed by atoms with Gasteiger partial charge in [0.05, 0.1) is 16.1 Å². The van der Waals surface area contributed by atoms with E-state index in [4.69, 9.17) is 16.7 Å². The van der Waals surface area contributed by atoms with Gasteiger partial charge in [-0.05, 0) is 48.9 Å². The van der Waals surface area contributed by atoms with Crippen molar-refractivity contribution in [1.29, 1.82) is 0 Å². The van der Waals surface area contributed by atoms with Crippen LogP contribution in [0, 0.1) is 6.92 Å². The molecule has 4 nitrogen and oxygen atoms in total. The number of aryl methyl sites for hydroxylation is 1. The molecular formula is C23H16ClNO3. The number of ketones is 1. The van der Waals surface area contributed by atoms with Crippen LogP contribution in [0.15, 0.2) is 72.9 Å². The standard InChI is InChI=1S/C23H16ClNO3/c1-14-5-4-7-19(24)21(14)22(26)18-13-25(20-8-3-2-6-17(18)20)16-11-9-15(10-12-16)23(27)28/h2-13H,1H3,(H,27,28). The van der Waals surface area contributed by atoms with E-state index in [-0.39, 0.29) is 11.3 Å². The van der Waals surface area contributed by atoms with Gasteiger partial charge in [0.25, 0.3) is 0 Å². The number of benzene rings is 3. The number of hydrogen-bond donors (Lipinski definition) is 1. The molecule has 0 saturated carbocycles. The maximum absolute atomic E-state index is 13.3. The molecule has 4 aromatic rings. The van der Waals surface area contributed by atoms with Gasteiger partial charge in [-0.3, -0.25) is 4.79 Å². The molecule has 0 spiro atoms. The van der Waals surface area contributed by atoms with Crippen molar-refractivity contribution in [3.8, 4) is 5.69 Å². The van der Waals surface area contributed by atoms with Crippen LogP contribution in [0.2, 0.25) is 5.02 Å². The summed E-state index contributed by atoms with van der Waals surface area (Å²) in [6.07, 6.45) is 1.78. The van der Waals surface area contributed by atoms with E-state index in [2.05, 4.69) is 0 Å². The predicted molar refractivity (Wildman–Crippen MR) is 110 cm³/mol. The summed E-state index contributed by atoms with van der Waals surface area (Å²) in [5.74, 6) is -1.12. The molecule has 5 heteroatoms.